The molecule has 0 spiro atoms. The number of benzene rings is 1. The summed E-state index contributed by atoms with van der Waals surface area (Å²) in [5.74, 6) is 0. The molecule has 1 aromatic carbocycles. The summed E-state index contributed by atoms with van der Waals surface area (Å²) in [6.45, 7) is 7.37. The lowest BCUT2D eigenvalue weighted by atomic mass is 10.2. The number of hydrogen-bond acceptors (Lipinski definition) is 3. The molecule has 7 heteroatoms. The predicted molar refractivity (Wildman–Crippen MR) is 96.7 cm³/mol. The number of amides is 1. The van der Waals surface area contributed by atoms with Crippen LogP contribution in [0.15, 0.2) is 12.1 Å². The zero-order valence-corrected chi connectivity index (χ0v) is 16.1. The van der Waals surface area contributed by atoms with Crippen LogP contribution in [0.2, 0.25) is 15.1 Å². The maximum atomic E-state index is 11.8. The Morgan fingerprint density at radius 2 is 1.83 bits per heavy atom. The number of nitrogens with zero attached hydrogens (tertiary/aromatic N) is 1. The van der Waals surface area contributed by atoms with Gasteiger partial charge in [-0.1, -0.05) is 34.8 Å². The molecule has 0 fully saturated rings. The lowest BCUT2D eigenvalue weighted by molar-refractivity contribution is 0.0297. The van der Waals surface area contributed by atoms with Gasteiger partial charge in [-0.2, -0.15) is 0 Å². The van der Waals surface area contributed by atoms with Crippen LogP contribution in [0.4, 0.5) is 4.79 Å². The van der Waals surface area contributed by atoms with E-state index in [-0.39, 0.29) is 6.09 Å². The first-order valence-corrected chi connectivity index (χ1v) is 8.52. The van der Waals surface area contributed by atoms with Gasteiger partial charge >= 0.3 is 6.09 Å². The van der Waals surface area contributed by atoms with E-state index in [1.165, 1.54) is 0 Å². The Labute approximate surface area is 153 Å². The van der Waals surface area contributed by atoms with Crippen LogP contribution in [0.1, 0.15) is 32.8 Å². The van der Waals surface area contributed by atoms with E-state index in [4.69, 9.17) is 39.5 Å². The fourth-order valence-electron chi connectivity index (χ4n) is 1.82. The minimum atomic E-state index is -0.482. The van der Waals surface area contributed by atoms with E-state index >= 15 is 0 Å². The minimum absolute atomic E-state index is 0.321. The smallest absolute Gasteiger partial charge is 0.410 e. The number of carbonyl (C=O) groups is 1. The second-order valence-electron chi connectivity index (χ2n) is 6.25. The molecule has 1 rings (SSSR count). The van der Waals surface area contributed by atoms with Gasteiger partial charge in [-0.15, -0.1) is 0 Å². The molecule has 1 amide bonds. The van der Waals surface area contributed by atoms with E-state index in [0.29, 0.717) is 34.7 Å². The molecule has 1 N–H and O–H groups in total. The van der Waals surface area contributed by atoms with Crippen molar-refractivity contribution >= 4 is 40.9 Å². The van der Waals surface area contributed by atoms with E-state index in [2.05, 4.69) is 5.32 Å². The summed E-state index contributed by atoms with van der Waals surface area (Å²) in [6.07, 6.45) is 0.462. The number of nitrogens with one attached hydrogen (secondary N) is 1. The molecular weight excluding hydrogens is 359 g/mol. The average Bonchev–Trinajstić information content (AvgIpc) is 2.44. The Balaban J connectivity index is 2.34. The van der Waals surface area contributed by atoms with Gasteiger partial charge in [0.15, 0.2) is 0 Å². The highest BCUT2D eigenvalue weighted by Crippen LogP contribution is 2.31. The van der Waals surface area contributed by atoms with E-state index in [9.17, 15) is 4.79 Å². The molecule has 0 heterocycles. The third-order valence-corrected chi connectivity index (χ3v) is 4.19. The van der Waals surface area contributed by atoms with Gasteiger partial charge in [0, 0.05) is 30.7 Å². The highest BCUT2D eigenvalue weighted by molar-refractivity contribution is 6.44. The van der Waals surface area contributed by atoms with Crippen LogP contribution in [0.5, 0.6) is 0 Å². The summed E-state index contributed by atoms with van der Waals surface area (Å²) >= 11 is 18.2. The molecule has 0 saturated carbocycles. The van der Waals surface area contributed by atoms with Crippen molar-refractivity contribution in [2.24, 2.45) is 0 Å². The number of carbonyl (C=O) groups excluding carboxylic acids is 1. The number of halogens is 3. The second-order valence-corrected chi connectivity index (χ2v) is 7.45. The van der Waals surface area contributed by atoms with Crippen molar-refractivity contribution < 1.29 is 9.53 Å². The molecule has 130 valence electrons. The van der Waals surface area contributed by atoms with Crippen molar-refractivity contribution in [2.45, 2.75) is 39.3 Å². The summed E-state index contributed by atoms with van der Waals surface area (Å²) in [4.78, 5) is 13.4. The molecule has 0 aliphatic rings. The number of ether oxygens (including phenoxy) is 1. The third kappa shape index (κ3) is 7.17. The van der Waals surface area contributed by atoms with Gasteiger partial charge in [0.1, 0.15) is 5.60 Å². The zero-order valence-electron chi connectivity index (χ0n) is 13.9. The molecule has 0 aliphatic heterocycles. The molecule has 23 heavy (non-hydrogen) atoms. The number of rotatable bonds is 6. The van der Waals surface area contributed by atoms with Crippen molar-refractivity contribution in [1.82, 2.24) is 10.2 Å². The Bertz CT molecular complexity index is 545. The SMILES string of the molecule is CN(CCCNCc1c(Cl)ccc(Cl)c1Cl)C(=O)OC(C)(C)C. The lowest BCUT2D eigenvalue weighted by Crippen LogP contribution is -2.35. The third-order valence-electron chi connectivity index (χ3n) is 2.99. The number of hydrogen-bond donors (Lipinski definition) is 1. The van der Waals surface area contributed by atoms with Gasteiger partial charge in [-0.05, 0) is 45.9 Å². The summed E-state index contributed by atoms with van der Waals surface area (Å²) in [7, 11) is 1.72. The highest BCUT2D eigenvalue weighted by Gasteiger charge is 2.19. The summed E-state index contributed by atoms with van der Waals surface area (Å²) in [5, 5.41) is 4.78. The molecule has 0 saturated heterocycles. The molecule has 4 nitrogen and oxygen atoms in total. The first-order chi connectivity index (χ1) is 10.6. The summed E-state index contributed by atoms with van der Waals surface area (Å²) < 4.78 is 5.29. The summed E-state index contributed by atoms with van der Waals surface area (Å²) in [6, 6.07) is 3.40. The molecule has 0 aromatic heterocycles. The van der Waals surface area contributed by atoms with Crippen molar-refractivity contribution in [3.63, 3.8) is 0 Å². The lowest BCUT2D eigenvalue weighted by Gasteiger charge is -2.24. The highest BCUT2D eigenvalue weighted by atomic mass is 35.5. The van der Waals surface area contributed by atoms with E-state index < -0.39 is 5.60 Å². The molecule has 1 aromatic rings. The van der Waals surface area contributed by atoms with Crippen LogP contribution >= 0.6 is 34.8 Å². The maximum Gasteiger partial charge on any atom is 0.410 e. The minimum Gasteiger partial charge on any atom is -0.444 e. The molecule has 0 radical (unpaired) electrons. The van der Waals surface area contributed by atoms with E-state index in [1.807, 2.05) is 20.8 Å². The quantitative estimate of drug-likeness (QED) is 0.557. The standard InChI is InChI=1S/C16H23Cl3N2O2/c1-16(2,3)23-15(22)21(4)9-5-8-20-10-11-12(17)6-7-13(18)14(11)19/h6-7,20H,5,8-10H2,1-4H3. The van der Waals surface area contributed by atoms with E-state index in [0.717, 1.165) is 12.0 Å². The van der Waals surface area contributed by atoms with Crippen LogP contribution in [0.25, 0.3) is 0 Å². The molecule has 0 bridgehead atoms. The van der Waals surface area contributed by atoms with Crippen LogP contribution < -0.4 is 5.32 Å². The topological polar surface area (TPSA) is 41.6 Å². The van der Waals surface area contributed by atoms with Gasteiger partial charge in [0.2, 0.25) is 0 Å². The van der Waals surface area contributed by atoms with Gasteiger partial charge in [0.25, 0.3) is 0 Å². The van der Waals surface area contributed by atoms with Crippen molar-refractivity contribution in [1.29, 1.82) is 0 Å². The van der Waals surface area contributed by atoms with Gasteiger partial charge in [-0.3, -0.25) is 0 Å². The van der Waals surface area contributed by atoms with Crippen molar-refractivity contribution in [3.8, 4) is 0 Å². The van der Waals surface area contributed by atoms with Gasteiger partial charge in [0.05, 0.1) is 10.0 Å². The zero-order chi connectivity index (χ0) is 17.6. The van der Waals surface area contributed by atoms with Gasteiger partial charge < -0.3 is 15.0 Å². The van der Waals surface area contributed by atoms with Crippen LogP contribution in [-0.2, 0) is 11.3 Å². The fraction of sp³-hybridized carbons (Fsp3) is 0.562. The maximum absolute atomic E-state index is 11.8. The Morgan fingerprint density at radius 1 is 1.22 bits per heavy atom. The normalized spacial score (nSPS) is 11.4. The second kappa shape index (κ2) is 8.97. The predicted octanol–water partition coefficient (Wildman–Crippen LogP) is 4.99. The largest absolute Gasteiger partial charge is 0.444 e. The summed E-state index contributed by atoms with van der Waals surface area (Å²) in [5.41, 5.74) is 0.297. The van der Waals surface area contributed by atoms with Crippen LogP contribution in [-0.4, -0.2) is 36.7 Å². The van der Waals surface area contributed by atoms with Crippen molar-refractivity contribution in [3.05, 3.63) is 32.8 Å². The van der Waals surface area contributed by atoms with Gasteiger partial charge in [-0.25, -0.2) is 4.79 Å². The van der Waals surface area contributed by atoms with E-state index in [1.54, 1.807) is 24.1 Å². The fourth-order valence-corrected chi connectivity index (χ4v) is 2.50. The first-order valence-electron chi connectivity index (χ1n) is 7.39. The molecule has 0 unspecified atom stereocenters. The van der Waals surface area contributed by atoms with Crippen molar-refractivity contribution in [2.75, 3.05) is 20.1 Å². The Hall–Kier alpha value is -0.680. The molecule has 0 aliphatic carbocycles. The monoisotopic (exact) mass is 380 g/mol. The Morgan fingerprint density at radius 3 is 2.43 bits per heavy atom. The molecule has 0 atom stereocenters. The van der Waals surface area contributed by atoms with Crippen LogP contribution in [0.3, 0.4) is 0 Å². The molecular formula is C16H23Cl3N2O2. The Kier molecular flexibility index (Phi) is 7.95. The first kappa shape index (κ1) is 20.4. The average molecular weight is 382 g/mol. The van der Waals surface area contributed by atoms with Crippen LogP contribution in [0, 0.1) is 0 Å².